The second-order valence-corrected chi connectivity index (χ2v) is 7.50. The standard InChI is InChI=1S/C23H23N3O7/c24-14-4-6-15(7-5-14)32-12-10-31-11-13-33-18-3-1-2-16-20(18)23(30)26(22(16)29)17-8-9-19(27)25-21(17)28/h1-7,17H,8-13,24H2,(H,25,27,28). The van der Waals surface area contributed by atoms with E-state index >= 15 is 0 Å². The third-order valence-electron chi connectivity index (χ3n) is 5.29. The summed E-state index contributed by atoms with van der Waals surface area (Å²) in [5, 5.41) is 2.17. The number of nitrogens with one attached hydrogen (secondary N) is 1. The van der Waals surface area contributed by atoms with Gasteiger partial charge in [0.2, 0.25) is 11.8 Å². The normalized spacial score (nSPS) is 17.7. The molecule has 10 nitrogen and oxygen atoms in total. The molecule has 1 fully saturated rings. The van der Waals surface area contributed by atoms with Crippen LogP contribution in [0.1, 0.15) is 33.6 Å². The van der Waals surface area contributed by atoms with Gasteiger partial charge >= 0.3 is 0 Å². The van der Waals surface area contributed by atoms with E-state index in [-0.39, 0.29) is 42.9 Å². The Hall–Kier alpha value is -3.92. The van der Waals surface area contributed by atoms with Crippen molar-refractivity contribution in [3.05, 3.63) is 53.6 Å². The first kappa shape index (κ1) is 22.3. The molecule has 0 spiro atoms. The van der Waals surface area contributed by atoms with Crippen molar-refractivity contribution in [1.29, 1.82) is 0 Å². The molecule has 4 rings (SSSR count). The van der Waals surface area contributed by atoms with Gasteiger partial charge in [0.1, 0.15) is 30.8 Å². The average Bonchev–Trinajstić information content (AvgIpc) is 3.05. The average molecular weight is 453 g/mol. The Morgan fingerprint density at radius 2 is 1.64 bits per heavy atom. The zero-order valence-electron chi connectivity index (χ0n) is 17.7. The lowest BCUT2D eigenvalue weighted by atomic mass is 10.0. The Bertz CT molecular complexity index is 1080. The van der Waals surface area contributed by atoms with Gasteiger partial charge in [-0.2, -0.15) is 0 Å². The van der Waals surface area contributed by atoms with Crippen molar-refractivity contribution in [2.24, 2.45) is 0 Å². The Kier molecular flexibility index (Phi) is 6.55. The van der Waals surface area contributed by atoms with Gasteiger partial charge in [-0.25, -0.2) is 0 Å². The summed E-state index contributed by atoms with van der Waals surface area (Å²) >= 11 is 0. The quantitative estimate of drug-likeness (QED) is 0.328. The lowest BCUT2D eigenvalue weighted by Gasteiger charge is -2.27. The molecule has 0 bridgehead atoms. The van der Waals surface area contributed by atoms with Gasteiger partial charge in [0.25, 0.3) is 11.8 Å². The number of amides is 4. The van der Waals surface area contributed by atoms with E-state index in [0.29, 0.717) is 24.7 Å². The fraction of sp³-hybridized carbons (Fsp3) is 0.304. The topological polar surface area (TPSA) is 137 Å². The van der Waals surface area contributed by atoms with E-state index < -0.39 is 29.7 Å². The third kappa shape index (κ3) is 4.80. The van der Waals surface area contributed by atoms with Gasteiger partial charge in [-0.15, -0.1) is 0 Å². The number of rotatable bonds is 9. The third-order valence-corrected chi connectivity index (χ3v) is 5.29. The molecule has 1 atom stereocenters. The van der Waals surface area contributed by atoms with Crippen LogP contribution in [0.2, 0.25) is 0 Å². The molecule has 2 aliphatic rings. The second kappa shape index (κ2) is 9.70. The number of piperidine rings is 1. The van der Waals surface area contributed by atoms with Crippen molar-refractivity contribution < 1.29 is 33.4 Å². The number of carbonyl (C=O) groups is 4. The van der Waals surface area contributed by atoms with Gasteiger partial charge in [0, 0.05) is 12.1 Å². The van der Waals surface area contributed by atoms with E-state index in [1.807, 2.05) is 0 Å². The summed E-state index contributed by atoms with van der Waals surface area (Å²) in [6.45, 7) is 1.08. The van der Waals surface area contributed by atoms with Crippen LogP contribution in [0.3, 0.4) is 0 Å². The van der Waals surface area contributed by atoms with Crippen LogP contribution in [0, 0.1) is 0 Å². The zero-order valence-corrected chi connectivity index (χ0v) is 17.7. The minimum absolute atomic E-state index is 0.0621. The fourth-order valence-corrected chi connectivity index (χ4v) is 3.70. The molecule has 0 aliphatic carbocycles. The van der Waals surface area contributed by atoms with E-state index in [1.165, 1.54) is 6.07 Å². The van der Waals surface area contributed by atoms with Crippen LogP contribution < -0.4 is 20.5 Å². The van der Waals surface area contributed by atoms with Crippen molar-refractivity contribution >= 4 is 29.3 Å². The number of benzene rings is 2. The molecule has 0 saturated carbocycles. The number of nitrogens with two attached hydrogens (primary N) is 1. The Labute approximate surface area is 189 Å². The van der Waals surface area contributed by atoms with E-state index in [0.717, 1.165) is 4.90 Å². The number of nitrogens with zero attached hydrogens (tertiary/aromatic N) is 1. The number of nitrogen functional groups attached to an aromatic ring is 1. The number of imide groups is 2. The van der Waals surface area contributed by atoms with Crippen LogP contribution in [0.15, 0.2) is 42.5 Å². The molecule has 2 aliphatic heterocycles. The maximum absolute atomic E-state index is 13.0. The largest absolute Gasteiger partial charge is 0.491 e. The van der Waals surface area contributed by atoms with Gasteiger partial charge in [0.05, 0.1) is 24.3 Å². The monoisotopic (exact) mass is 453 g/mol. The first-order chi connectivity index (χ1) is 16.0. The van der Waals surface area contributed by atoms with E-state index in [9.17, 15) is 19.2 Å². The SMILES string of the molecule is Nc1ccc(OCCOCCOc2cccc3c2C(=O)N(C2CCC(=O)NC2=O)C3=O)cc1. The van der Waals surface area contributed by atoms with E-state index in [1.54, 1.807) is 36.4 Å². The van der Waals surface area contributed by atoms with Crippen LogP contribution in [0.25, 0.3) is 0 Å². The summed E-state index contributed by atoms with van der Waals surface area (Å²) < 4.78 is 16.7. The summed E-state index contributed by atoms with van der Waals surface area (Å²) in [7, 11) is 0. The predicted octanol–water partition coefficient (Wildman–Crippen LogP) is 1.14. The molecule has 1 unspecified atom stereocenters. The zero-order chi connectivity index (χ0) is 23.4. The van der Waals surface area contributed by atoms with Crippen molar-refractivity contribution in [2.75, 3.05) is 32.2 Å². The Balaban J connectivity index is 1.29. The summed E-state index contributed by atoms with van der Waals surface area (Å²) in [5.74, 6) is -1.34. The summed E-state index contributed by atoms with van der Waals surface area (Å²) in [6.07, 6.45) is 0.158. The van der Waals surface area contributed by atoms with Crippen LogP contribution in [-0.2, 0) is 14.3 Å². The molecular formula is C23H23N3O7. The summed E-state index contributed by atoms with van der Waals surface area (Å²) in [4.78, 5) is 50.3. The highest BCUT2D eigenvalue weighted by molar-refractivity contribution is 6.24. The maximum atomic E-state index is 13.0. The highest BCUT2D eigenvalue weighted by Gasteiger charge is 2.45. The Morgan fingerprint density at radius 1 is 0.909 bits per heavy atom. The van der Waals surface area contributed by atoms with Gasteiger partial charge < -0.3 is 19.9 Å². The highest BCUT2D eigenvalue weighted by atomic mass is 16.5. The van der Waals surface area contributed by atoms with Crippen LogP contribution >= 0.6 is 0 Å². The van der Waals surface area contributed by atoms with Crippen LogP contribution in [0.4, 0.5) is 5.69 Å². The molecule has 0 radical (unpaired) electrons. The second-order valence-electron chi connectivity index (χ2n) is 7.50. The summed E-state index contributed by atoms with van der Waals surface area (Å²) in [5.41, 5.74) is 6.56. The molecular weight excluding hydrogens is 430 g/mol. The number of hydrogen-bond donors (Lipinski definition) is 2. The number of ether oxygens (including phenoxy) is 3. The minimum Gasteiger partial charge on any atom is -0.491 e. The van der Waals surface area contributed by atoms with Gasteiger partial charge in [-0.3, -0.25) is 29.4 Å². The summed E-state index contributed by atoms with van der Waals surface area (Å²) in [6, 6.07) is 10.7. The van der Waals surface area contributed by atoms with E-state index in [2.05, 4.69) is 5.32 Å². The minimum atomic E-state index is -1.02. The fourth-order valence-electron chi connectivity index (χ4n) is 3.70. The lowest BCUT2D eigenvalue weighted by Crippen LogP contribution is -2.54. The van der Waals surface area contributed by atoms with Crippen molar-refractivity contribution in [3.63, 3.8) is 0 Å². The van der Waals surface area contributed by atoms with Crippen molar-refractivity contribution in [1.82, 2.24) is 10.2 Å². The van der Waals surface area contributed by atoms with Gasteiger partial charge in [-0.05, 0) is 42.8 Å². The number of anilines is 1. The molecule has 2 heterocycles. The lowest BCUT2D eigenvalue weighted by molar-refractivity contribution is -0.136. The molecule has 10 heteroatoms. The van der Waals surface area contributed by atoms with Gasteiger partial charge in [0.15, 0.2) is 0 Å². The van der Waals surface area contributed by atoms with Gasteiger partial charge in [-0.1, -0.05) is 6.07 Å². The van der Waals surface area contributed by atoms with Crippen LogP contribution in [-0.4, -0.2) is 61.0 Å². The number of carbonyl (C=O) groups excluding carboxylic acids is 4. The molecule has 2 aromatic rings. The maximum Gasteiger partial charge on any atom is 0.266 e. The Morgan fingerprint density at radius 3 is 2.36 bits per heavy atom. The molecule has 0 aromatic heterocycles. The van der Waals surface area contributed by atoms with Crippen molar-refractivity contribution in [2.45, 2.75) is 18.9 Å². The molecule has 2 aromatic carbocycles. The first-order valence-corrected chi connectivity index (χ1v) is 10.5. The molecule has 3 N–H and O–H groups in total. The number of fused-ring (bicyclic) bond motifs is 1. The number of hydrogen-bond acceptors (Lipinski definition) is 8. The molecule has 33 heavy (non-hydrogen) atoms. The molecule has 4 amide bonds. The first-order valence-electron chi connectivity index (χ1n) is 10.5. The predicted molar refractivity (Wildman–Crippen MR) is 116 cm³/mol. The smallest absolute Gasteiger partial charge is 0.266 e. The molecule has 172 valence electrons. The highest BCUT2D eigenvalue weighted by Crippen LogP contribution is 2.33. The van der Waals surface area contributed by atoms with Crippen LogP contribution in [0.5, 0.6) is 11.5 Å². The van der Waals surface area contributed by atoms with E-state index in [4.69, 9.17) is 19.9 Å². The van der Waals surface area contributed by atoms with Crippen molar-refractivity contribution in [3.8, 4) is 11.5 Å². The molecule has 1 saturated heterocycles.